The predicted octanol–water partition coefficient (Wildman–Crippen LogP) is 4.15. The molecule has 1 aliphatic heterocycles. The maximum Gasteiger partial charge on any atom is 0.416 e. The molecule has 0 aliphatic carbocycles. The van der Waals surface area contributed by atoms with Gasteiger partial charge in [0.25, 0.3) is 0 Å². The van der Waals surface area contributed by atoms with E-state index in [0.29, 0.717) is 38.5 Å². The molecule has 0 spiro atoms. The summed E-state index contributed by atoms with van der Waals surface area (Å²) in [5, 5.41) is 3.16. The number of nitrogens with zero attached hydrogens (tertiary/aromatic N) is 1. The van der Waals surface area contributed by atoms with Gasteiger partial charge in [-0.1, -0.05) is 30.3 Å². The second kappa shape index (κ2) is 7.13. The Bertz CT molecular complexity index is 668. The summed E-state index contributed by atoms with van der Waals surface area (Å²) in [5.74, 6) is 0. The van der Waals surface area contributed by atoms with Gasteiger partial charge in [0.05, 0.1) is 30.2 Å². The Labute approximate surface area is 139 Å². The maximum atomic E-state index is 13.0. The number of ether oxygens (including phenoxy) is 1. The van der Waals surface area contributed by atoms with Crippen LogP contribution in [0.2, 0.25) is 0 Å². The van der Waals surface area contributed by atoms with E-state index in [0.717, 1.165) is 17.3 Å². The molecule has 1 fully saturated rings. The zero-order valence-electron chi connectivity index (χ0n) is 13.1. The highest BCUT2D eigenvalue weighted by Crippen LogP contribution is 2.36. The lowest BCUT2D eigenvalue weighted by Gasteiger charge is -2.31. The largest absolute Gasteiger partial charge is 0.416 e. The van der Waals surface area contributed by atoms with Crippen LogP contribution >= 0.6 is 0 Å². The highest BCUT2D eigenvalue weighted by atomic mass is 19.4. The van der Waals surface area contributed by atoms with Crippen molar-refractivity contribution in [2.45, 2.75) is 12.7 Å². The molecule has 3 nitrogen and oxygen atoms in total. The zero-order chi connectivity index (χ0) is 17.0. The summed E-state index contributed by atoms with van der Waals surface area (Å²) in [5.41, 5.74) is 1.65. The molecular weight excluding hydrogens is 317 g/mol. The minimum atomic E-state index is -4.35. The minimum Gasteiger partial charge on any atom is -0.379 e. The van der Waals surface area contributed by atoms with Gasteiger partial charge < -0.3 is 15.0 Å². The summed E-state index contributed by atoms with van der Waals surface area (Å²) >= 11 is 0. The van der Waals surface area contributed by atoms with Gasteiger partial charge in [0.1, 0.15) is 0 Å². The second-order valence-electron chi connectivity index (χ2n) is 5.67. The molecule has 0 radical (unpaired) electrons. The van der Waals surface area contributed by atoms with Crippen LogP contribution in [0.3, 0.4) is 0 Å². The molecule has 6 heteroatoms. The molecule has 0 amide bonds. The van der Waals surface area contributed by atoms with Gasteiger partial charge in [-0.15, -0.1) is 0 Å². The number of morpholine rings is 1. The number of hydrogen-bond acceptors (Lipinski definition) is 3. The smallest absolute Gasteiger partial charge is 0.379 e. The topological polar surface area (TPSA) is 24.5 Å². The summed E-state index contributed by atoms with van der Waals surface area (Å²) in [4.78, 5) is 2.05. The van der Waals surface area contributed by atoms with Gasteiger partial charge in [-0.05, 0) is 23.8 Å². The SMILES string of the molecule is FC(F)(F)c1ccc(N2CCOCC2)c(NCc2ccccc2)c1. The van der Waals surface area contributed by atoms with Crippen LogP contribution in [-0.2, 0) is 17.5 Å². The average molecular weight is 336 g/mol. The number of alkyl halides is 3. The quantitative estimate of drug-likeness (QED) is 0.908. The molecule has 0 aromatic heterocycles. The van der Waals surface area contributed by atoms with E-state index in [1.165, 1.54) is 6.07 Å². The van der Waals surface area contributed by atoms with Crippen LogP contribution in [0.15, 0.2) is 48.5 Å². The Morgan fingerprint density at radius 3 is 2.38 bits per heavy atom. The summed E-state index contributed by atoms with van der Waals surface area (Å²) in [6.45, 7) is 2.98. The van der Waals surface area contributed by atoms with Crippen LogP contribution in [0.4, 0.5) is 24.5 Å². The van der Waals surface area contributed by atoms with Crippen LogP contribution in [0, 0.1) is 0 Å². The van der Waals surface area contributed by atoms with Crippen LogP contribution in [0.5, 0.6) is 0 Å². The Balaban J connectivity index is 1.86. The molecule has 3 rings (SSSR count). The van der Waals surface area contributed by atoms with Crippen molar-refractivity contribution in [3.63, 3.8) is 0 Å². The number of halogens is 3. The molecule has 0 saturated carbocycles. The van der Waals surface area contributed by atoms with E-state index in [4.69, 9.17) is 4.74 Å². The van der Waals surface area contributed by atoms with Crippen molar-refractivity contribution in [2.75, 3.05) is 36.5 Å². The van der Waals surface area contributed by atoms with Crippen molar-refractivity contribution in [2.24, 2.45) is 0 Å². The van der Waals surface area contributed by atoms with Crippen LogP contribution in [-0.4, -0.2) is 26.3 Å². The van der Waals surface area contributed by atoms with Crippen LogP contribution in [0.1, 0.15) is 11.1 Å². The first-order valence-electron chi connectivity index (χ1n) is 7.86. The molecule has 0 unspecified atom stereocenters. The molecule has 1 saturated heterocycles. The molecule has 2 aromatic carbocycles. The predicted molar refractivity (Wildman–Crippen MR) is 88.2 cm³/mol. The maximum absolute atomic E-state index is 13.0. The average Bonchev–Trinajstić information content (AvgIpc) is 2.60. The molecular formula is C18H19F3N2O. The molecule has 1 aliphatic rings. The molecule has 0 bridgehead atoms. The van der Waals surface area contributed by atoms with Gasteiger partial charge in [-0.2, -0.15) is 13.2 Å². The van der Waals surface area contributed by atoms with Gasteiger partial charge >= 0.3 is 6.18 Å². The molecule has 1 N–H and O–H groups in total. The third-order valence-electron chi connectivity index (χ3n) is 4.00. The number of rotatable bonds is 4. The first-order valence-corrected chi connectivity index (χ1v) is 7.86. The van der Waals surface area contributed by atoms with E-state index in [-0.39, 0.29) is 0 Å². The first-order chi connectivity index (χ1) is 11.5. The van der Waals surface area contributed by atoms with Gasteiger partial charge in [0.2, 0.25) is 0 Å². The van der Waals surface area contributed by atoms with E-state index in [9.17, 15) is 13.2 Å². The Morgan fingerprint density at radius 1 is 1.00 bits per heavy atom. The summed E-state index contributed by atoms with van der Waals surface area (Å²) < 4.78 is 44.5. The highest BCUT2D eigenvalue weighted by molar-refractivity contribution is 5.71. The van der Waals surface area contributed by atoms with E-state index >= 15 is 0 Å². The van der Waals surface area contributed by atoms with Crippen LogP contribution in [0.25, 0.3) is 0 Å². The summed E-state index contributed by atoms with van der Waals surface area (Å²) in [6, 6.07) is 13.5. The molecule has 1 heterocycles. The lowest BCUT2D eigenvalue weighted by molar-refractivity contribution is -0.137. The van der Waals surface area contributed by atoms with Crippen molar-refractivity contribution in [1.82, 2.24) is 0 Å². The summed E-state index contributed by atoms with van der Waals surface area (Å²) in [6.07, 6.45) is -4.35. The Kier molecular flexibility index (Phi) is 4.94. The monoisotopic (exact) mass is 336 g/mol. The van der Waals surface area contributed by atoms with E-state index in [1.807, 2.05) is 30.3 Å². The first kappa shape index (κ1) is 16.6. The van der Waals surface area contributed by atoms with E-state index < -0.39 is 11.7 Å². The Hall–Kier alpha value is -2.21. The third kappa shape index (κ3) is 4.00. The van der Waals surface area contributed by atoms with Gasteiger partial charge in [0, 0.05) is 19.6 Å². The zero-order valence-corrected chi connectivity index (χ0v) is 13.1. The standard InChI is InChI=1S/C18H19F3N2O/c19-18(20,21)15-6-7-17(23-8-10-24-11-9-23)16(12-15)22-13-14-4-2-1-3-5-14/h1-7,12,22H,8-11,13H2. The van der Waals surface area contributed by atoms with Gasteiger partial charge in [-0.25, -0.2) is 0 Å². The number of hydrogen-bond donors (Lipinski definition) is 1. The number of benzene rings is 2. The second-order valence-corrected chi connectivity index (χ2v) is 5.67. The highest BCUT2D eigenvalue weighted by Gasteiger charge is 2.31. The van der Waals surface area contributed by atoms with Gasteiger partial charge in [0.15, 0.2) is 0 Å². The van der Waals surface area contributed by atoms with E-state index in [1.54, 1.807) is 6.07 Å². The normalized spacial score (nSPS) is 15.4. The Morgan fingerprint density at radius 2 is 1.71 bits per heavy atom. The number of anilines is 2. The minimum absolute atomic E-state index is 0.472. The fourth-order valence-electron chi connectivity index (χ4n) is 2.73. The van der Waals surface area contributed by atoms with Crippen molar-refractivity contribution in [3.05, 3.63) is 59.7 Å². The molecule has 0 atom stereocenters. The summed E-state index contributed by atoms with van der Waals surface area (Å²) in [7, 11) is 0. The van der Waals surface area contributed by atoms with Crippen molar-refractivity contribution in [1.29, 1.82) is 0 Å². The fraction of sp³-hybridized carbons (Fsp3) is 0.333. The van der Waals surface area contributed by atoms with Gasteiger partial charge in [-0.3, -0.25) is 0 Å². The van der Waals surface area contributed by atoms with Crippen molar-refractivity contribution < 1.29 is 17.9 Å². The number of nitrogens with one attached hydrogen (secondary N) is 1. The molecule has 2 aromatic rings. The third-order valence-corrected chi connectivity index (χ3v) is 4.00. The van der Waals surface area contributed by atoms with Crippen LogP contribution < -0.4 is 10.2 Å². The lowest BCUT2D eigenvalue weighted by atomic mass is 10.1. The molecule has 24 heavy (non-hydrogen) atoms. The molecule has 128 valence electrons. The fourth-order valence-corrected chi connectivity index (χ4v) is 2.73. The lowest BCUT2D eigenvalue weighted by Crippen LogP contribution is -2.36. The van der Waals surface area contributed by atoms with Crippen molar-refractivity contribution in [3.8, 4) is 0 Å². The van der Waals surface area contributed by atoms with Crippen molar-refractivity contribution >= 4 is 11.4 Å². The van der Waals surface area contributed by atoms with E-state index in [2.05, 4.69) is 10.2 Å².